The molecule has 1 N–H and O–H groups in total. The molecule has 0 fully saturated rings. The van der Waals surface area contributed by atoms with Crippen molar-refractivity contribution in [2.24, 2.45) is 0 Å². The second kappa shape index (κ2) is 8.27. The van der Waals surface area contributed by atoms with Crippen LogP contribution in [0, 0.1) is 0 Å². The minimum absolute atomic E-state index is 0.161. The van der Waals surface area contributed by atoms with E-state index in [1.54, 1.807) is 0 Å². The van der Waals surface area contributed by atoms with E-state index >= 15 is 0 Å². The Bertz CT molecular complexity index is 325. The molecule has 0 aromatic carbocycles. The van der Waals surface area contributed by atoms with E-state index in [2.05, 4.69) is 41.9 Å². The van der Waals surface area contributed by atoms with Crippen LogP contribution in [0.4, 0.5) is 0 Å². The van der Waals surface area contributed by atoms with Crippen LogP contribution in [0.5, 0.6) is 0 Å². The summed E-state index contributed by atoms with van der Waals surface area (Å²) in [6.07, 6.45) is 4.26. The summed E-state index contributed by atoms with van der Waals surface area (Å²) in [5.74, 6) is 0. The van der Waals surface area contributed by atoms with Crippen LogP contribution in [-0.2, 0) is 11.3 Å². The van der Waals surface area contributed by atoms with Crippen LogP contribution in [0.3, 0.4) is 0 Å². The number of aryl methyl sites for hydroxylation is 1. The summed E-state index contributed by atoms with van der Waals surface area (Å²) in [6, 6.07) is 2.32. The molecule has 0 aliphatic rings. The van der Waals surface area contributed by atoms with Crippen LogP contribution in [0.1, 0.15) is 52.3 Å². The van der Waals surface area contributed by atoms with Gasteiger partial charge in [-0.1, -0.05) is 13.8 Å². The Kier molecular flexibility index (Phi) is 6.98. The number of hydrogen-bond acceptors (Lipinski definition) is 3. The van der Waals surface area contributed by atoms with Gasteiger partial charge in [0.05, 0.1) is 17.8 Å². The van der Waals surface area contributed by atoms with E-state index < -0.39 is 0 Å². The predicted molar refractivity (Wildman–Crippen MR) is 74.6 cm³/mol. The summed E-state index contributed by atoms with van der Waals surface area (Å²) in [4.78, 5) is 0. The van der Waals surface area contributed by atoms with Crippen molar-refractivity contribution in [3.8, 4) is 0 Å². The molecular formula is C14H27N3O. The van der Waals surface area contributed by atoms with Crippen molar-refractivity contribution in [1.82, 2.24) is 15.1 Å². The van der Waals surface area contributed by atoms with E-state index in [0.29, 0.717) is 0 Å². The molecule has 1 aromatic rings. The molecule has 0 bridgehead atoms. The number of nitrogens with one attached hydrogen (secondary N) is 1. The molecule has 0 aliphatic heterocycles. The number of aromatic nitrogens is 2. The maximum absolute atomic E-state index is 5.75. The fourth-order valence-corrected chi connectivity index (χ4v) is 2.18. The van der Waals surface area contributed by atoms with Crippen molar-refractivity contribution in [3.63, 3.8) is 0 Å². The summed E-state index contributed by atoms with van der Waals surface area (Å²) >= 11 is 0. The first kappa shape index (κ1) is 15.2. The molecular weight excluding hydrogens is 226 g/mol. The van der Waals surface area contributed by atoms with E-state index in [-0.39, 0.29) is 12.1 Å². The molecule has 2 atom stereocenters. The molecule has 0 spiro atoms. The lowest BCUT2D eigenvalue weighted by atomic mass is 10.1. The predicted octanol–water partition coefficient (Wildman–Crippen LogP) is 2.76. The van der Waals surface area contributed by atoms with Gasteiger partial charge in [0, 0.05) is 19.3 Å². The minimum atomic E-state index is 0.161. The van der Waals surface area contributed by atoms with E-state index in [4.69, 9.17) is 4.74 Å². The quantitative estimate of drug-likeness (QED) is 0.735. The zero-order valence-corrected chi connectivity index (χ0v) is 12.1. The third-order valence-corrected chi connectivity index (χ3v) is 3.02. The average molecular weight is 253 g/mol. The maximum Gasteiger partial charge on any atom is 0.0756 e. The van der Waals surface area contributed by atoms with Crippen LogP contribution < -0.4 is 5.32 Å². The Balaban J connectivity index is 2.82. The number of rotatable bonds is 9. The molecule has 0 aliphatic carbocycles. The molecule has 1 heterocycles. The van der Waals surface area contributed by atoms with Crippen LogP contribution >= 0.6 is 0 Å². The molecule has 1 rings (SSSR count). The second-order valence-corrected chi connectivity index (χ2v) is 4.57. The van der Waals surface area contributed by atoms with Gasteiger partial charge in [-0.2, -0.15) is 5.10 Å². The Morgan fingerprint density at radius 1 is 1.33 bits per heavy atom. The van der Waals surface area contributed by atoms with Gasteiger partial charge in [0.25, 0.3) is 0 Å². The van der Waals surface area contributed by atoms with Crippen LogP contribution in [0.2, 0.25) is 0 Å². The lowest BCUT2D eigenvalue weighted by Gasteiger charge is -2.26. The summed E-state index contributed by atoms with van der Waals surface area (Å²) in [5.41, 5.74) is 1.23. The summed E-state index contributed by atoms with van der Waals surface area (Å²) < 4.78 is 7.84. The molecule has 4 heteroatoms. The highest BCUT2D eigenvalue weighted by molar-refractivity contribution is 5.09. The number of hydrogen-bond donors (Lipinski definition) is 1. The Labute approximate surface area is 111 Å². The smallest absolute Gasteiger partial charge is 0.0756 e. The summed E-state index contributed by atoms with van der Waals surface area (Å²) in [7, 11) is 0. The highest BCUT2D eigenvalue weighted by Crippen LogP contribution is 2.19. The van der Waals surface area contributed by atoms with Crippen LogP contribution in [0.15, 0.2) is 12.3 Å². The van der Waals surface area contributed by atoms with Crippen molar-refractivity contribution in [2.75, 3.05) is 13.2 Å². The van der Waals surface area contributed by atoms with Gasteiger partial charge in [-0.05, 0) is 39.3 Å². The molecule has 104 valence electrons. The molecule has 0 radical (unpaired) electrons. The normalized spacial score (nSPS) is 14.7. The minimum Gasteiger partial charge on any atom is -0.377 e. The molecule has 0 saturated heterocycles. The SMILES string of the molecule is CCCNC(c1ccnn1CCC)C(C)OCC. The van der Waals surface area contributed by atoms with Crippen LogP contribution in [-0.4, -0.2) is 29.0 Å². The van der Waals surface area contributed by atoms with Gasteiger partial charge in [0.1, 0.15) is 0 Å². The number of nitrogens with zero attached hydrogens (tertiary/aromatic N) is 2. The van der Waals surface area contributed by atoms with E-state index in [1.807, 2.05) is 13.1 Å². The molecule has 4 nitrogen and oxygen atoms in total. The first-order valence-electron chi connectivity index (χ1n) is 7.11. The fraction of sp³-hybridized carbons (Fsp3) is 0.786. The molecule has 1 aromatic heterocycles. The van der Waals surface area contributed by atoms with Crippen molar-refractivity contribution < 1.29 is 4.74 Å². The molecule has 0 amide bonds. The van der Waals surface area contributed by atoms with Gasteiger partial charge < -0.3 is 10.1 Å². The van der Waals surface area contributed by atoms with E-state index in [9.17, 15) is 0 Å². The van der Waals surface area contributed by atoms with Gasteiger partial charge >= 0.3 is 0 Å². The molecule has 0 saturated carbocycles. The molecule has 18 heavy (non-hydrogen) atoms. The van der Waals surface area contributed by atoms with Crippen molar-refractivity contribution >= 4 is 0 Å². The first-order chi connectivity index (χ1) is 8.74. The highest BCUT2D eigenvalue weighted by atomic mass is 16.5. The Hall–Kier alpha value is -0.870. The summed E-state index contributed by atoms with van der Waals surface area (Å²) in [6.45, 7) is 11.2. The zero-order chi connectivity index (χ0) is 13.4. The monoisotopic (exact) mass is 253 g/mol. The van der Waals surface area contributed by atoms with Gasteiger partial charge in [0.15, 0.2) is 0 Å². The second-order valence-electron chi connectivity index (χ2n) is 4.57. The molecule has 2 unspecified atom stereocenters. The largest absolute Gasteiger partial charge is 0.377 e. The van der Waals surface area contributed by atoms with Gasteiger partial charge in [-0.3, -0.25) is 4.68 Å². The lowest BCUT2D eigenvalue weighted by molar-refractivity contribution is 0.0448. The zero-order valence-electron chi connectivity index (χ0n) is 12.1. The topological polar surface area (TPSA) is 39.1 Å². The van der Waals surface area contributed by atoms with Gasteiger partial charge in [-0.25, -0.2) is 0 Å². The summed E-state index contributed by atoms with van der Waals surface area (Å²) in [5, 5.41) is 7.97. The van der Waals surface area contributed by atoms with Crippen LogP contribution in [0.25, 0.3) is 0 Å². The standard InChI is InChI=1S/C14H27N3O/c1-5-9-15-14(12(4)18-7-3)13-8-10-16-17(13)11-6-2/h8,10,12,14-15H,5-7,9,11H2,1-4H3. The fourth-order valence-electron chi connectivity index (χ4n) is 2.18. The van der Waals surface area contributed by atoms with Gasteiger partial charge in [0.2, 0.25) is 0 Å². The third kappa shape index (κ3) is 4.10. The van der Waals surface area contributed by atoms with Crippen molar-refractivity contribution in [3.05, 3.63) is 18.0 Å². The lowest BCUT2D eigenvalue weighted by Crippen LogP contribution is -2.34. The van der Waals surface area contributed by atoms with Crippen molar-refractivity contribution in [1.29, 1.82) is 0 Å². The third-order valence-electron chi connectivity index (χ3n) is 3.02. The van der Waals surface area contributed by atoms with Gasteiger partial charge in [-0.15, -0.1) is 0 Å². The maximum atomic E-state index is 5.75. The number of ether oxygens (including phenoxy) is 1. The average Bonchev–Trinajstić information content (AvgIpc) is 2.79. The Morgan fingerprint density at radius 2 is 2.11 bits per heavy atom. The van der Waals surface area contributed by atoms with E-state index in [0.717, 1.165) is 32.5 Å². The first-order valence-corrected chi connectivity index (χ1v) is 7.11. The van der Waals surface area contributed by atoms with E-state index in [1.165, 1.54) is 5.69 Å². The Morgan fingerprint density at radius 3 is 2.72 bits per heavy atom. The van der Waals surface area contributed by atoms with Crippen molar-refractivity contribution in [2.45, 2.75) is 59.2 Å². The highest BCUT2D eigenvalue weighted by Gasteiger charge is 2.22.